The third-order valence-electron chi connectivity index (χ3n) is 5.20. The Hall–Kier alpha value is -3.33. The number of nitrogens with zero attached hydrogens (tertiary/aromatic N) is 4. The summed E-state index contributed by atoms with van der Waals surface area (Å²) < 4.78 is 12.7. The molecule has 0 aliphatic heterocycles. The zero-order valence-electron chi connectivity index (χ0n) is 20.5. The molecule has 0 unspecified atom stereocenters. The van der Waals surface area contributed by atoms with Crippen molar-refractivity contribution in [2.75, 3.05) is 20.0 Å². The summed E-state index contributed by atoms with van der Waals surface area (Å²) in [6.07, 6.45) is 1.53. The highest BCUT2D eigenvalue weighted by molar-refractivity contribution is 7.99. The number of methoxy groups -OCH3 is 2. The van der Waals surface area contributed by atoms with Crippen LogP contribution < -0.4 is 14.9 Å². The maximum atomic E-state index is 12.3. The van der Waals surface area contributed by atoms with Gasteiger partial charge in [-0.15, -0.1) is 10.2 Å². The van der Waals surface area contributed by atoms with E-state index in [1.165, 1.54) is 23.5 Å². The lowest BCUT2D eigenvalue weighted by molar-refractivity contribution is -0.118. The molecule has 0 bridgehead atoms. The molecule has 9 heteroatoms. The first kappa shape index (κ1) is 25.3. The van der Waals surface area contributed by atoms with Gasteiger partial charge in [-0.2, -0.15) is 5.10 Å². The summed E-state index contributed by atoms with van der Waals surface area (Å²) in [7, 11) is 3.13. The van der Waals surface area contributed by atoms with E-state index in [1.54, 1.807) is 20.3 Å². The van der Waals surface area contributed by atoms with Crippen molar-refractivity contribution in [1.82, 2.24) is 20.2 Å². The summed E-state index contributed by atoms with van der Waals surface area (Å²) in [4.78, 5) is 12.3. The summed E-state index contributed by atoms with van der Waals surface area (Å²) in [5.41, 5.74) is 5.59. The summed E-state index contributed by atoms with van der Waals surface area (Å²) >= 11 is 1.32. The molecule has 0 spiro atoms. The number of carbonyl (C=O) groups is 1. The molecule has 2 aromatic carbocycles. The van der Waals surface area contributed by atoms with Crippen LogP contribution in [0.3, 0.4) is 0 Å². The van der Waals surface area contributed by atoms with E-state index in [-0.39, 0.29) is 17.1 Å². The quantitative estimate of drug-likeness (QED) is 0.274. The lowest BCUT2D eigenvalue weighted by atomic mass is 9.87. The van der Waals surface area contributed by atoms with Gasteiger partial charge in [0.1, 0.15) is 0 Å². The molecule has 8 nitrogen and oxygen atoms in total. The van der Waals surface area contributed by atoms with Gasteiger partial charge in [0.15, 0.2) is 22.5 Å². The van der Waals surface area contributed by atoms with Crippen molar-refractivity contribution >= 4 is 23.9 Å². The van der Waals surface area contributed by atoms with Crippen LogP contribution in [0.5, 0.6) is 11.5 Å². The Labute approximate surface area is 204 Å². The average Bonchev–Trinajstić information content (AvgIpc) is 3.25. The van der Waals surface area contributed by atoms with Crippen molar-refractivity contribution in [2.45, 2.75) is 44.8 Å². The molecule has 1 aromatic heterocycles. The molecule has 3 aromatic rings. The number of hydrogen-bond acceptors (Lipinski definition) is 7. The van der Waals surface area contributed by atoms with Gasteiger partial charge >= 0.3 is 0 Å². The van der Waals surface area contributed by atoms with E-state index >= 15 is 0 Å². The summed E-state index contributed by atoms with van der Waals surface area (Å²) in [5.74, 6) is 1.85. The normalized spacial score (nSPS) is 11.6. The van der Waals surface area contributed by atoms with Crippen LogP contribution in [0.25, 0.3) is 11.4 Å². The van der Waals surface area contributed by atoms with E-state index in [1.807, 2.05) is 23.6 Å². The molecule has 1 heterocycles. The van der Waals surface area contributed by atoms with Gasteiger partial charge in [-0.05, 0) is 30.0 Å². The minimum Gasteiger partial charge on any atom is -0.493 e. The lowest BCUT2D eigenvalue weighted by Gasteiger charge is -2.19. The van der Waals surface area contributed by atoms with E-state index < -0.39 is 0 Å². The van der Waals surface area contributed by atoms with Crippen LogP contribution >= 0.6 is 11.8 Å². The third kappa shape index (κ3) is 5.96. The summed E-state index contributed by atoms with van der Waals surface area (Å²) in [6, 6.07) is 13.8. The first-order valence-corrected chi connectivity index (χ1v) is 12.0. The number of para-hydroxylation sites is 1. The van der Waals surface area contributed by atoms with Crippen LogP contribution in [0.15, 0.2) is 52.7 Å². The van der Waals surface area contributed by atoms with E-state index in [0.29, 0.717) is 28.8 Å². The van der Waals surface area contributed by atoms with E-state index in [2.05, 4.69) is 65.8 Å². The van der Waals surface area contributed by atoms with Crippen LogP contribution in [0, 0.1) is 0 Å². The van der Waals surface area contributed by atoms with E-state index in [9.17, 15) is 4.79 Å². The van der Waals surface area contributed by atoms with Crippen molar-refractivity contribution < 1.29 is 14.3 Å². The molecule has 0 atom stereocenters. The Kier molecular flexibility index (Phi) is 8.33. The molecule has 0 radical (unpaired) electrons. The fourth-order valence-corrected chi connectivity index (χ4v) is 4.16. The predicted molar refractivity (Wildman–Crippen MR) is 136 cm³/mol. The minimum absolute atomic E-state index is 0.0888. The van der Waals surface area contributed by atoms with Gasteiger partial charge in [0, 0.05) is 17.7 Å². The second-order valence-electron chi connectivity index (χ2n) is 8.54. The molecule has 0 saturated heterocycles. The number of amides is 1. The maximum absolute atomic E-state index is 12.3. The maximum Gasteiger partial charge on any atom is 0.250 e. The van der Waals surface area contributed by atoms with Crippen LogP contribution in [-0.2, 0) is 16.8 Å². The Bertz CT molecular complexity index is 1150. The van der Waals surface area contributed by atoms with E-state index in [4.69, 9.17) is 9.47 Å². The summed E-state index contributed by atoms with van der Waals surface area (Å²) in [6.45, 7) is 9.29. The number of carbonyl (C=O) groups excluding carboxylic acids is 1. The molecule has 0 fully saturated rings. The van der Waals surface area contributed by atoms with E-state index in [0.717, 1.165) is 11.4 Å². The van der Waals surface area contributed by atoms with Gasteiger partial charge in [0.25, 0.3) is 5.91 Å². The molecule has 34 heavy (non-hydrogen) atoms. The highest BCUT2D eigenvalue weighted by Crippen LogP contribution is 2.30. The van der Waals surface area contributed by atoms with Gasteiger partial charge in [-0.3, -0.25) is 4.79 Å². The number of hydrazone groups is 1. The van der Waals surface area contributed by atoms with Crippen LogP contribution in [0.4, 0.5) is 0 Å². The largest absolute Gasteiger partial charge is 0.493 e. The topological polar surface area (TPSA) is 90.6 Å². The number of ether oxygens (including phenoxy) is 2. The molecular formula is C25H31N5O3S. The smallest absolute Gasteiger partial charge is 0.250 e. The Balaban J connectivity index is 1.63. The molecule has 180 valence electrons. The zero-order chi connectivity index (χ0) is 24.7. The second-order valence-corrected chi connectivity index (χ2v) is 9.48. The molecule has 0 aliphatic carbocycles. The Morgan fingerprint density at radius 1 is 1.12 bits per heavy atom. The lowest BCUT2D eigenvalue weighted by Crippen LogP contribution is -2.20. The average molecular weight is 482 g/mol. The number of rotatable bonds is 9. The fourth-order valence-electron chi connectivity index (χ4n) is 3.36. The molecule has 1 amide bonds. The van der Waals surface area contributed by atoms with Crippen LogP contribution in [-0.4, -0.2) is 46.9 Å². The molecule has 3 rings (SSSR count). The van der Waals surface area contributed by atoms with Crippen LogP contribution in [0.1, 0.15) is 38.8 Å². The fraction of sp³-hybridized carbons (Fsp3) is 0.360. The highest BCUT2D eigenvalue weighted by atomic mass is 32.2. The molecule has 0 saturated carbocycles. The van der Waals surface area contributed by atoms with Gasteiger partial charge in [-0.1, -0.05) is 62.9 Å². The minimum atomic E-state index is -0.246. The summed E-state index contributed by atoms with van der Waals surface area (Å²) in [5, 5.41) is 13.4. The number of benzene rings is 2. The number of hydrogen-bond donors (Lipinski definition) is 1. The van der Waals surface area contributed by atoms with Crippen molar-refractivity contribution in [2.24, 2.45) is 5.10 Å². The molecular weight excluding hydrogens is 450 g/mol. The standard InChI is InChI=1S/C25H31N5O3S/c1-7-30-23(17-11-13-19(14-12-17)25(2,3)4)28-29-24(30)34-16-21(31)27-26-15-18-9-8-10-20(32-5)22(18)33-6/h8-15H,7,16H2,1-6H3,(H,27,31)/b26-15-. The first-order chi connectivity index (χ1) is 16.3. The Morgan fingerprint density at radius 3 is 2.47 bits per heavy atom. The molecule has 1 N–H and O–H groups in total. The van der Waals surface area contributed by atoms with Crippen molar-refractivity contribution in [3.8, 4) is 22.9 Å². The highest BCUT2D eigenvalue weighted by Gasteiger charge is 2.17. The first-order valence-electron chi connectivity index (χ1n) is 11.0. The monoisotopic (exact) mass is 481 g/mol. The van der Waals surface area contributed by atoms with Crippen LogP contribution in [0.2, 0.25) is 0 Å². The van der Waals surface area contributed by atoms with Crippen molar-refractivity contribution in [3.05, 3.63) is 53.6 Å². The third-order valence-corrected chi connectivity index (χ3v) is 6.17. The SMILES string of the molecule is CCn1c(SCC(=O)N/N=C\c2cccc(OC)c2OC)nnc1-c1ccc(C(C)(C)C)cc1. The van der Waals surface area contributed by atoms with Gasteiger partial charge in [0.2, 0.25) is 0 Å². The predicted octanol–water partition coefficient (Wildman–Crippen LogP) is 4.52. The van der Waals surface area contributed by atoms with Gasteiger partial charge in [-0.25, -0.2) is 5.43 Å². The Morgan fingerprint density at radius 2 is 1.85 bits per heavy atom. The van der Waals surface area contributed by atoms with Crippen molar-refractivity contribution in [1.29, 1.82) is 0 Å². The number of thioether (sulfide) groups is 1. The van der Waals surface area contributed by atoms with Crippen molar-refractivity contribution in [3.63, 3.8) is 0 Å². The molecule has 0 aliphatic rings. The van der Waals surface area contributed by atoms with Gasteiger partial charge < -0.3 is 14.0 Å². The second kappa shape index (κ2) is 11.2. The van der Waals surface area contributed by atoms with Gasteiger partial charge in [0.05, 0.1) is 26.2 Å². The number of aromatic nitrogens is 3. The zero-order valence-corrected chi connectivity index (χ0v) is 21.3. The number of nitrogens with one attached hydrogen (secondary N) is 1.